The number of ether oxygens (including phenoxy) is 1. The Morgan fingerprint density at radius 1 is 1.33 bits per heavy atom. The molecule has 3 rings (SSSR count). The van der Waals surface area contributed by atoms with Crippen molar-refractivity contribution in [3.8, 4) is 5.75 Å². The van der Waals surface area contributed by atoms with Gasteiger partial charge in [0, 0.05) is 7.05 Å². The molecule has 0 spiro atoms. The fraction of sp³-hybridized carbons (Fsp3) is 0.429. The molecule has 1 unspecified atom stereocenters. The Morgan fingerprint density at radius 3 is 2.56 bits per heavy atom. The third-order valence-electron chi connectivity index (χ3n) is 3.99. The van der Waals surface area contributed by atoms with E-state index in [0.29, 0.717) is 11.7 Å². The lowest BCUT2D eigenvalue weighted by molar-refractivity contribution is 0.0679. The molecule has 0 bridgehead atoms. The van der Waals surface area contributed by atoms with E-state index in [4.69, 9.17) is 4.74 Å². The molecule has 1 aromatic carbocycles. The van der Waals surface area contributed by atoms with Crippen molar-refractivity contribution in [2.45, 2.75) is 18.4 Å². The van der Waals surface area contributed by atoms with E-state index in [2.05, 4.69) is 10.4 Å². The van der Waals surface area contributed by atoms with Gasteiger partial charge in [-0.25, -0.2) is 5.01 Å². The van der Waals surface area contributed by atoms with Crippen molar-refractivity contribution in [2.24, 2.45) is 5.92 Å². The van der Waals surface area contributed by atoms with Crippen molar-refractivity contribution >= 4 is 0 Å². The van der Waals surface area contributed by atoms with Gasteiger partial charge in [-0.3, -0.25) is 0 Å². The van der Waals surface area contributed by atoms with Crippen molar-refractivity contribution in [3.05, 3.63) is 41.8 Å². The lowest BCUT2D eigenvalue weighted by Crippen LogP contribution is -2.47. The maximum absolute atomic E-state index is 9.45. The van der Waals surface area contributed by atoms with Gasteiger partial charge in [0.2, 0.25) is 0 Å². The highest BCUT2D eigenvalue weighted by atomic mass is 16.5. The van der Waals surface area contributed by atoms with Crippen LogP contribution in [0.5, 0.6) is 5.75 Å². The van der Waals surface area contributed by atoms with Gasteiger partial charge in [0.1, 0.15) is 17.0 Å². The van der Waals surface area contributed by atoms with E-state index in [-0.39, 0.29) is 5.54 Å². The summed E-state index contributed by atoms with van der Waals surface area (Å²) in [6.07, 6.45) is 4.33. The van der Waals surface area contributed by atoms with Crippen LogP contribution >= 0.6 is 0 Å². The number of benzene rings is 1. The lowest BCUT2D eigenvalue weighted by atomic mass is 9.83. The molecule has 96 valence electrons. The first-order chi connectivity index (χ1) is 8.69. The van der Waals surface area contributed by atoms with E-state index in [9.17, 15) is 5.11 Å². The molecule has 0 saturated heterocycles. The normalized spacial score (nSPS) is 27.8. The number of aromatic hydroxyl groups is 1. The second-order valence-electron chi connectivity index (χ2n) is 4.99. The Bertz CT molecular complexity index is 479. The first kappa shape index (κ1) is 11.4. The number of methoxy groups -OCH3 is 1. The number of likely N-dealkylation sites (N-methyl/N-ethyl adjacent to an activating group) is 1. The number of hydrogen-bond acceptors (Lipinski definition) is 4. The fourth-order valence-corrected chi connectivity index (χ4v) is 3.01. The third kappa shape index (κ3) is 1.42. The highest BCUT2D eigenvalue weighted by Crippen LogP contribution is 2.54. The molecular formula is C14H18N2O2. The van der Waals surface area contributed by atoms with Crippen molar-refractivity contribution in [2.75, 3.05) is 14.2 Å². The van der Waals surface area contributed by atoms with Gasteiger partial charge in [0.05, 0.1) is 13.3 Å². The van der Waals surface area contributed by atoms with Gasteiger partial charge in [0.25, 0.3) is 0 Å². The quantitative estimate of drug-likeness (QED) is 0.855. The molecule has 1 fully saturated rings. The highest BCUT2D eigenvalue weighted by molar-refractivity contribution is 5.40. The Hall–Kier alpha value is -1.68. The van der Waals surface area contributed by atoms with Crippen molar-refractivity contribution in [1.82, 2.24) is 10.4 Å². The van der Waals surface area contributed by atoms with E-state index in [1.54, 1.807) is 19.2 Å². The van der Waals surface area contributed by atoms with Crippen LogP contribution < -0.4 is 5.43 Å². The molecule has 4 heteroatoms. The van der Waals surface area contributed by atoms with Gasteiger partial charge < -0.3 is 15.3 Å². The number of nitrogens with zero attached hydrogens (tertiary/aromatic N) is 1. The number of phenolic OH excluding ortho intramolecular Hbond substituents is 1. The summed E-state index contributed by atoms with van der Waals surface area (Å²) >= 11 is 0. The summed E-state index contributed by atoms with van der Waals surface area (Å²) in [5.74, 6) is 1.80. The Morgan fingerprint density at radius 2 is 2.00 bits per heavy atom. The molecule has 0 aromatic heterocycles. The van der Waals surface area contributed by atoms with Gasteiger partial charge in [-0.15, -0.1) is 0 Å². The van der Waals surface area contributed by atoms with Crippen LogP contribution in [0.2, 0.25) is 0 Å². The van der Waals surface area contributed by atoms with Crippen LogP contribution in [0, 0.1) is 5.92 Å². The monoisotopic (exact) mass is 246 g/mol. The Labute approximate surface area is 107 Å². The number of phenols is 1. The minimum atomic E-state index is -0.234. The molecule has 1 aromatic rings. The maximum Gasteiger partial charge on any atom is 0.139 e. The zero-order valence-electron chi connectivity index (χ0n) is 10.7. The van der Waals surface area contributed by atoms with Crippen LogP contribution in [0.4, 0.5) is 0 Å². The topological polar surface area (TPSA) is 44.7 Å². The zero-order valence-corrected chi connectivity index (χ0v) is 10.7. The lowest BCUT2D eigenvalue weighted by Gasteiger charge is -2.38. The van der Waals surface area contributed by atoms with Crippen LogP contribution in [0.25, 0.3) is 0 Å². The first-order valence-electron chi connectivity index (χ1n) is 6.23. The third-order valence-corrected chi connectivity index (χ3v) is 3.99. The molecule has 1 aliphatic heterocycles. The average Bonchev–Trinajstić information content (AvgIpc) is 3.16. The molecule has 18 heavy (non-hydrogen) atoms. The van der Waals surface area contributed by atoms with E-state index < -0.39 is 0 Å². The predicted octanol–water partition coefficient (Wildman–Crippen LogP) is 1.94. The maximum atomic E-state index is 9.45. The molecule has 1 saturated carbocycles. The second kappa shape index (κ2) is 3.92. The van der Waals surface area contributed by atoms with Crippen molar-refractivity contribution in [3.63, 3.8) is 0 Å². The number of rotatable bonds is 3. The molecule has 2 N–H and O–H groups in total. The van der Waals surface area contributed by atoms with Crippen LogP contribution in [0.3, 0.4) is 0 Å². The molecule has 1 atom stereocenters. The van der Waals surface area contributed by atoms with Crippen molar-refractivity contribution < 1.29 is 9.84 Å². The summed E-state index contributed by atoms with van der Waals surface area (Å²) in [4.78, 5) is 0. The van der Waals surface area contributed by atoms with E-state index in [1.807, 2.05) is 25.4 Å². The molecule has 0 amide bonds. The summed E-state index contributed by atoms with van der Waals surface area (Å²) in [7, 11) is 3.75. The first-order valence-corrected chi connectivity index (χ1v) is 6.23. The van der Waals surface area contributed by atoms with Crippen LogP contribution in [0.15, 0.2) is 36.2 Å². The van der Waals surface area contributed by atoms with Gasteiger partial charge in [0.15, 0.2) is 0 Å². The number of hydrogen-bond donors (Lipinski definition) is 2. The average molecular weight is 246 g/mol. The standard InChI is InChI=1S/C14H18N2O2/c1-16-14(10-3-4-10,13(18-2)9-15-16)11-5-7-12(17)8-6-11/h5-10,15,17H,3-4H2,1-2H3. The van der Waals surface area contributed by atoms with Gasteiger partial charge in [-0.1, -0.05) is 12.1 Å². The highest BCUT2D eigenvalue weighted by Gasteiger charge is 2.55. The second-order valence-corrected chi connectivity index (χ2v) is 4.99. The largest absolute Gasteiger partial charge is 0.508 e. The summed E-state index contributed by atoms with van der Waals surface area (Å²) in [5, 5.41) is 11.6. The molecule has 1 aliphatic carbocycles. The molecule has 0 radical (unpaired) electrons. The van der Waals surface area contributed by atoms with Crippen LogP contribution in [-0.2, 0) is 10.3 Å². The van der Waals surface area contributed by atoms with E-state index >= 15 is 0 Å². The smallest absolute Gasteiger partial charge is 0.139 e. The summed E-state index contributed by atoms with van der Waals surface area (Å²) in [6, 6.07) is 7.42. The van der Waals surface area contributed by atoms with E-state index in [0.717, 1.165) is 11.3 Å². The van der Waals surface area contributed by atoms with Crippen molar-refractivity contribution in [1.29, 1.82) is 0 Å². The van der Waals surface area contributed by atoms with E-state index in [1.165, 1.54) is 12.8 Å². The molecule has 2 aliphatic rings. The molecular weight excluding hydrogens is 228 g/mol. The van der Waals surface area contributed by atoms with Crippen LogP contribution in [0.1, 0.15) is 18.4 Å². The minimum Gasteiger partial charge on any atom is -0.508 e. The fourth-order valence-electron chi connectivity index (χ4n) is 3.01. The number of hydrazine groups is 1. The Kier molecular flexibility index (Phi) is 2.48. The summed E-state index contributed by atoms with van der Waals surface area (Å²) in [6.45, 7) is 0. The Balaban J connectivity index is 2.11. The zero-order chi connectivity index (χ0) is 12.8. The van der Waals surface area contributed by atoms with Gasteiger partial charge in [-0.2, -0.15) is 0 Å². The van der Waals surface area contributed by atoms with Gasteiger partial charge in [-0.05, 0) is 36.5 Å². The van der Waals surface area contributed by atoms with Gasteiger partial charge >= 0.3 is 0 Å². The SMILES string of the molecule is COC1=CNN(C)C1(c1ccc(O)cc1)C1CC1. The summed E-state index contributed by atoms with van der Waals surface area (Å²) in [5.41, 5.74) is 4.15. The van der Waals surface area contributed by atoms with Crippen LogP contribution in [-0.4, -0.2) is 24.3 Å². The molecule has 1 heterocycles. The molecule has 4 nitrogen and oxygen atoms in total. The minimum absolute atomic E-state index is 0.234. The predicted molar refractivity (Wildman–Crippen MR) is 68.5 cm³/mol. The number of nitrogens with one attached hydrogen (secondary N) is 1. The summed E-state index contributed by atoms with van der Waals surface area (Å²) < 4.78 is 5.58.